The van der Waals surface area contributed by atoms with Crippen LogP contribution in [-0.2, 0) is 6.42 Å². The van der Waals surface area contributed by atoms with Gasteiger partial charge in [0.05, 0.1) is 0 Å². The lowest BCUT2D eigenvalue weighted by Crippen LogP contribution is -1.82. The van der Waals surface area contributed by atoms with E-state index in [9.17, 15) is 0 Å². The highest BCUT2D eigenvalue weighted by molar-refractivity contribution is 9.10. The van der Waals surface area contributed by atoms with Crippen molar-refractivity contribution in [1.29, 1.82) is 0 Å². The van der Waals surface area contributed by atoms with E-state index in [1.807, 2.05) is 6.07 Å². The van der Waals surface area contributed by atoms with Gasteiger partial charge < -0.3 is 0 Å². The number of hydrogen-bond donors (Lipinski definition) is 0. The standard InChI is InChI=1S/C21H17Br/c22-21-15-5-4-14-20(21)19-13-7-12-18(16-19)11-6-10-17-8-2-1-3-9-17/h1-9,11-16H,10H2/b11-6+. The second-order valence-corrected chi connectivity index (χ2v) is 6.05. The molecular formula is C21H17Br. The molecule has 1 heteroatoms. The Morgan fingerprint density at radius 1 is 0.773 bits per heavy atom. The van der Waals surface area contributed by atoms with Crippen molar-refractivity contribution in [2.45, 2.75) is 6.42 Å². The van der Waals surface area contributed by atoms with Crippen LogP contribution in [0.1, 0.15) is 11.1 Å². The minimum Gasteiger partial charge on any atom is -0.0795 e. The smallest absolute Gasteiger partial charge is 0.0253 e. The normalized spacial score (nSPS) is 11.0. The monoisotopic (exact) mass is 348 g/mol. The molecule has 0 unspecified atom stereocenters. The number of halogens is 1. The first-order valence-corrected chi connectivity index (χ1v) is 8.18. The Bertz CT molecular complexity index is 773. The van der Waals surface area contributed by atoms with Gasteiger partial charge >= 0.3 is 0 Å². The maximum atomic E-state index is 3.62. The Hall–Kier alpha value is -2.12. The minimum atomic E-state index is 0.958. The highest BCUT2D eigenvalue weighted by Crippen LogP contribution is 2.28. The number of allylic oxidation sites excluding steroid dienone is 1. The summed E-state index contributed by atoms with van der Waals surface area (Å²) in [4.78, 5) is 0. The summed E-state index contributed by atoms with van der Waals surface area (Å²) in [5, 5.41) is 0. The fourth-order valence-electron chi connectivity index (χ4n) is 2.45. The molecule has 0 atom stereocenters. The average Bonchev–Trinajstić information content (AvgIpc) is 2.57. The maximum Gasteiger partial charge on any atom is 0.0253 e. The lowest BCUT2D eigenvalue weighted by molar-refractivity contribution is 1.28. The van der Waals surface area contributed by atoms with Gasteiger partial charge in [-0.2, -0.15) is 0 Å². The topological polar surface area (TPSA) is 0 Å². The summed E-state index contributed by atoms with van der Waals surface area (Å²) in [5.74, 6) is 0. The van der Waals surface area contributed by atoms with Gasteiger partial charge in [-0.1, -0.05) is 94.8 Å². The van der Waals surface area contributed by atoms with Crippen molar-refractivity contribution in [1.82, 2.24) is 0 Å². The van der Waals surface area contributed by atoms with Gasteiger partial charge in [0, 0.05) is 4.47 Å². The second-order valence-electron chi connectivity index (χ2n) is 5.20. The highest BCUT2D eigenvalue weighted by atomic mass is 79.9. The first kappa shape index (κ1) is 14.8. The minimum absolute atomic E-state index is 0.958. The molecule has 0 spiro atoms. The molecule has 0 aliphatic rings. The Kier molecular flexibility index (Phi) is 4.87. The lowest BCUT2D eigenvalue weighted by atomic mass is 10.0. The third kappa shape index (κ3) is 3.75. The van der Waals surface area contributed by atoms with Gasteiger partial charge in [0.2, 0.25) is 0 Å². The van der Waals surface area contributed by atoms with E-state index >= 15 is 0 Å². The average molecular weight is 349 g/mol. The van der Waals surface area contributed by atoms with Crippen LogP contribution < -0.4 is 0 Å². The molecule has 0 amide bonds. The first-order valence-electron chi connectivity index (χ1n) is 7.38. The molecule has 0 fully saturated rings. The molecule has 3 rings (SSSR count). The van der Waals surface area contributed by atoms with Crippen LogP contribution in [0.15, 0.2) is 89.4 Å². The van der Waals surface area contributed by atoms with Crippen LogP contribution in [0.2, 0.25) is 0 Å². The van der Waals surface area contributed by atoms with Gasteiger partial charge in [0.15, 0.2) is 0 Å². The van der Waals surface area contributed by atoms with Crippen LogP contribution in [0.5, 0.6) is 0 Å². The molecule has 3 aromatic carbocycles. The zero-order valence-electron chi connectivity index (χ0n) is 12.2. The van der Waals surface area contributed by atoms with E-state index in [2.05, 4.69) is 101 Å². The van der Waals surface area contributed by atoms with Crippen molar-refractivity contribution in [3.63, 3.8) is 0 Å². The Labute approximate surface area is 140 Å². The maximum absolute atomic E-state index is 3.62. The van der Waals surface area contributed by atoms with Crippen LogP contribution in [0, 0.1) is 0 Å². The molecule has 22 heavy (non-hydrogen) atoms. The highest BCUT2D eigenvalue weighted by Gasteiger charge is 2.01. The summed E-state index contributed by atoms with van der Waals surface area (Å²) in [7, 11) is 0. The summed E-state index contributed by atoms with van der Waals surface area (Å²) in [6, 6.07) is 27.5. The third-order valence-electron chi connectivity index (χ3n) is 3.58. The molecule has 0 radical (unpaired) electrons. The van der Waals surface area contributed by atoms with E-state index in [0.717, 1.165) is 10.9 Å². The van der Waals surface area contributed by atoms with Crippen molar-refractivity contribution < 1.29 is 0 Å². The van der Waals surface area contributed by atoms with Crippen LogP contribution in [-0.4, -0.2) is 0 Å². The lowest BCUT2D eigenvalue weighted by Gasteiger charge is -2.05. The molecule has 0 aromatic heterocycles. The number of benzene rings is 3. The SMILES string of the molecule is Brc1ccccc1-c1cccc(/C=C/Cc2ccccc2)c1. The number of hydrogen-bond acceptors (Lipinski definition) is 0. The fraction of sp³-hybridized carbons (Fsp3) is 0.0476. The van der Waals surface area contributed by atoms with Crippen LogP contribution in [0.4, 0.5) is 0 Å². The first-order chi connectivity index (χ1) is 10.8. The van der Waals surface area contributed by atoms with Crippen LogP contribution in [0.25, 0.3) is 17.2 Å². The van der Waals surface area contributed by atoms with Crippen molar-refractivity contribution in [3.05, 3.63) is 101 Å². The molecule has 0 aliphatic carbocycles. The van der Waals surface area contributed by atoms with E-state index in [-0.39, 0.29) is 0 Å². The Balaban J connectivity index is 1.78. The van der Waals surface area contributed by atoms with Crippen molar-refractivity contribution >= 4 is 22.0 Å². The zero-order chi connectivity index (χ0) is 15.2. The van der Waals surface area contributed by atoms with Crippen LogP contribution >= 0.6 is 15.9 Å². The molecule has 108 valence electrons. The number of rotatable bonds is 4. The third-order valence-corrected chi connectivity index (χ3v) is 4.27. The predicted molar refractivity (Wildman–Crippen MR) is 98.8 cm³/mol. The molecule has 0 saturated carbocycles. The van der Waals surface area contributed by atoms with Crippen molar-refractivity contribution in [3.8, 4) is 11.1 Å². The van der Waals surface area contributed by atoms with E-state index in [1.54, 1.807) is 0 Å². The van der Waals surface area contributed by atoms with Gasteiger partial charge in [0.1, 0.15) is 0 Å². The molecule has 0 nitrogen and oxygen atoms in total. The molecule has 0 heterocycles. The predicted octanol–water partition coefficient (Wildman–Crippen LogP) is 6.37. The summed E-state index contributed by atoms with van der Waals surface area (Å²) >= 11 is 3.62. The fourth-order valence-corrected chi connectivity index (χ4v) is 2.96. The second kappa shape index (κ2) is 7.24. The van der Waals surface area contributed by atoms with Crippen molar-refractivity contribution in [2.24, 2.45) is 0 Å². The van der Waals surface area contributed by atoms with Crippen molar-refractivity contribution in [2.75, 3.05) is 0 Å². The molecule has 0 N–H and O–H groups in total. The Morgan fingerprint density at radius 2 is 1.55 bits per heavy atom. The molecule has 3 aromatic rings. The van der Waals surface area contributed by atoms with Gasteiger partial charge in [-0.15, -0.1) is 0 Å². The molecule has 0 aliphatic heterocycles. The molecular weight excluding hydrogens is 332 g/mol. The summed E-state index contributed by atoms with van der Waals surface area (Å²) in [6.45, 7) is 0. The van der Waals surface area contributed by atoms with Gasteiger partial charge in [-0.05, 0) is 40.8 Å². The summed E-state index contributed by atoms with van der Waals surface area (Å²) in [6.07, 6.45) is 5.36. The largest absolute Gasteiger partial charge is 0.0795 e. The van der Waals surface area contributed by atoms with Gasteiger partial charge in [0.25, 0.3) is 0 Å². The van der Waals surface area contributed by atoms with Gasteiger partial charge in [-0.3, -0.25) is 0 Å². The van der Waals surface area contributed by atoms with Crippen LogP contribution in [0.3, 0.4) is 0 Å². The van der Waals surface area contributed by atoms with Gasteiger partial charge in [-0.25, -0.2) is 0 Å². The van der Waals surface area contributed by atoms with E-state index in [0.29, 0.717) is 0 Å². The Morgan fingerprint density at radius 3 is 2.36 bits per heavy atom. The molecule has 0 bridgehead atoms. The van der Waals surface area contributed by atoms with E-state index in [4.69, 9.17) is 0 Å². The molecule has 0 saturated heterocycles. The summed E-state index contributed by atoms with van der Waals surface area (Å²) < 4.78 is 1.13. The van der Waals surface area contributed by atoms with E-state index < -0.39 is 0 Å². The quantitative estimate of drug-likeness (QED) is 0.513. The zero-order valence-corrected chi connectivity index (χ0v) is 13.8. The summed E-state index contributed by atoms with van der Waals surface area (Å²) in [5.41, 5.74) is 5.01. The van der Waals surface area contributed by atoms with E-state index in [1.165, 1.54) is 22.3 Å².